The van der Waals surface area contributed by atoms with Gasteiger partial charge in [0.05, 0.1) is 0 Å². The smallest absolute Gasteiger partial charge is 0.253 e. The fourth-order valence-corrected chi connectivity index (χ4v) is 1.63. The van der Waals surface area contributed by atoms with E-state index in [1.807, 2.05) is 13.8 Å². The van der Waals surface area contributed by atoms with E-state index >= 15 is 0 Å². The minimum absolute atomic E-state index is 0.0209. The van der Waals surface area contributed by atoms with Gasteiger partial charge in [0, 0.05) is 18.7 Å². The molecule has 0 spiro atoms. The lowest BCUT2D eigenvalue weighted by atomic mass is 10.1. The zero-order valence-electron chi connectivity index (χ0n) is 10.1. The van der Waals surface area contributed by atoms with E-state index in [0.29, 0.717) is 17.7 Å². The summed E-state index contributed by atoms with van der Waals surface area (Å²) in [5, 5.41) is 0. The summed E-state index contributed by atoms with van der Waals surface area (Å²) in [5.74, 6) is -0.289. The summed E-state index contributed by atoms with van der Waals surface area (Å²) in [6, 6.07) is 4.50. The van der Waals surface area contributed by atoms with E-state index in [2.05, 4.69) is 0 Å². The molecule has 0 N–H and O–H groups in total. The fourth-order valence-electron chi connectivity index (χ4n) is 1.63. The van der Waals surface area contributed by atoms with E-state index in [-0.39, 0.29) is 11.7 Å². The van der Waals surface area contributed by atoms with Crippen LogP contribution in [0.4, 0.5) is 4.39 Å². The zero-order chi connectivity index (χ0) is 12.1. The first kappa shape index (κ1) is 12.7. The molecule has 1 aromatic carbocycles. The monoisotopic (exact) mass is 223 g/mol. The Morgan fingerprint density at radius 2 is 2.06 bits per heavy atom. The number of rotatable bonds is 4. The lowest BCUT2D eigenvalue weighted by molar-refractivity contribution is 0.0764. The van der Waals surface area contributed by atoms with Crippen LogP contribution in [0.2, 0.25) is 0 Å². The molecule has 0 saturated carbocycles. The van der Waals surface area contributed by atoms with Crippen molar-refractivity contribution in [2.24, 2.45) is 0 Å². The van der Waals surface area contributed by atoms with Crippen LogP contribution >= 0.6 is 0 Å². The second-order valence-electron chi connectivity index (χ2n) is 3.85. The van der Waals surface area contributed by atoms with Crippen LogP contribution in [0.5, 0.6) is 0 Å². The lowest BCUT2D eigenvalue weighted by Crippen LogP contribution is -2.31. The highest BCUT2D eigenvalue weighted by atomic mass is 19.1. The van der Waals surface area contributed by atoms with Crippen molar-refractivity contribution >= 4 is 5.91 Å². The molecular formula is C13H18FNO. The van der Waals surface area contributed by atoms with Crippen molar-refractivity contribution in [1.82, 2.24) is 4.90 Å². The van der Waals surface area contributed by atoms with E-state index < -0.39 is 0 Å². The first-order valence-electron chi connectivity index (χ1n) is 5.65. The fraction of sp³-hybridized carbons (Fsp3) is 0.462. The predicted octanol–water partition coefficient (Wildman–Crippen LogP) is 3.01. The molecule has 1 rings (SSSR count). The Hall–Kier alpha value is -1.38. The molecule has 0 aliphatic heterocycles. The third-order valence-electron chi connectivity index (χ3n) is 2.57. The molecule has 3 heteroatoms. The maximum Gasteiger partial charge on any atom is 0.253 e. The quantitative estimate of drug-likeness (QED) is 0.768. The zero-order valence-corrected chi connectivity index (χ0v) is 10.1. The standard InChI is InChI=1S/C13H18FNO/c1-4-8-15(5-2)13(16)11-6-7-12(14)10(3)9-11/h6-7,9H,4-5,8H2,1-3H3. The molecule has 0 radical (unpaired) electrons. The molecular weight excluding hydrogens is 205 g/mol. The summed E-state index contributed by atoms with van der Waals surface area (Å²) in [6.07, 6.45) is 0.930. The van der Waals surface area contributed by atoms with Gasteiger partial charge in [0.15, 0.2) is 0 Å². The topological polar surface area (TPSA) is 20.3 Å². The largest absolute Gasteiger partial charge is 0.339 e. The molecule has 0 unspecified atom stereocenters. The number of carbonyl (C=O) groups excluding carboxylic acids is 1. The van der Waals surface area contributed by atoms with Gasteiger partial charge in [-0.15, -0.1) is 0 Å². The summed E-state index contributed by atoms with van der Waals surface area (Å²) in [5.41, 5.74) is 1.08. The summed E-state index contributed by atoms with van der Waals surface area (Å²) in [7, 11) is 0. The number of aryl methyl sites for hydroxylation is 1. The van der Waals surface area contributed by atoms with Crippen molar-refractivity contribution in [2.45, 2.75) is 27.2 Å². The summed E-state index contributed by atoms with van der Waals surface area (Å²) < 4.78 is 13.1. The number of amides is 1. The van der Waals surface area contributed by atoms with E-state index in [1.54, 1.807) is 24.0 Å². The van der Waals surface area contributed by atoms with E-state index in [9.17, 15) is 9.18 Å². The Kier molecular flexibility index (Phi) is 4.47. The molecule has 0 atom stereocenters. The molecule has 0 aliphatic rings. The van der Waals surface area contributed by atoms with E-state index in [1.165, 1.54) is 6.07 Å². The van der Waals surface area contributed by atoms with Crippen molar-refractivity contribution in [3.63, 3.8) is 0 Å². The summed E-state index contributed by atoms with van der Waals surface area (Å²) >= 11 is 0. The van der Waals surface area contributed by atoms with Gasteiger partial charge in [0.2, 0.25) is 0 Å². The van der Waals surface area contributed by atoms with Crippen LogP contribution < -0.4 is 0 Å². The highest BCUT2D eigenvalue weighted by Gasteiger charge is 2.13. The number of nitrogens with zero attached hydrogens (tertiary/aromatic N) is 1. The van der Waals surface area contributed by atoms with Gasteiger partial charge in [-0.1, -0.05) is 6.92 Å². The van der Waals surface area contributed by atoms with Crippen LogP contribution in [-0.2, 0) is 0 Å². The molecule has 88 valence electrons. The Morgan fingerprint density at radius 1 is 1.38 bits per heavy atom. The van der Waals surface area contributed by atoms with Crippen molar-refractivity contribution in [1.29, 1.82) is 0 Å². The second kappa shape index (κ2) is 5.64. The molecule has 2 nitrogen and oxygen atoms in total. The molecule has 0 saturated heterocycles. The van der Waals surface area contributed by atoms with Gasteiger partial charge in [-0.2, -0.15) is 0 Å². The Bertz CT molecular complexity index is 376. The highest BCUT2D eigenvalue weighted by molar-refractivity contribution is 5.94. The first-order valence-corrected chi connectivity index (χ1v) is 5.65. The minimum Gasteiger partial charge on any atom is -0.339 e. The second-order valence-corrected chi connectivity index (χ2v) is 3.85. The maximum atomic E-state index is 13.1. The molecule has 0 bridgehead atoms. The van der Waals surface area contributed by atoms with Crippen LogP contribution in [0.15, 0.2) is 18.2 Å². The number of halogens is 1. The molecule has 16 heavy (non-hydrogen) atoms. The Labute approximate surface area is 96.1 Å². The maximum absolute atomic E-state index is 13.1. The van der Waals surface area contributed by atoms with Crippen molar-refractivity contribution in [2.75, 3.05) is 13.1 Å². The predicted molar refractivity (Wildman–Crippen MR) is 63.0 cm³/mol. The van der Waals surface area contributed by atoms with Gasteiger partial charge in [-0.25, -0.2) is 4.39 Å². The van der Waals surface area contributed by atoms with Gasteiger partial charge in [-0.05, 0) is 44.0 Å². The number of hydrogen-bond acceptors (Lipinski definition) is 1. The van der Waals surface area contributed by atoms with Crippen LogP contribution in [-0.4, -0.2) is 23.9 Å². The number of carbonyl (C=O) groups is 1. The van der Waals surface area contributed by atoms with Crippen molar-refractivity contribution < 1.29 is 9.18 Å². The van der Waals surface area contributed by atoms with Gasteiger partial charge in [0.1, 0.15) is 5.82 Å². The number of hydrogen-bond donors (Lipinski definition) is 0. The van der Waals surface area contributed by atoms with Crippen molar-refractivity contribution in [3.8, 4) is 0 Å². The lowest BCUT2D eigenvalue weighted by Gasteiger charge is -2.20. The normalized spacial score (nSPS) is 10.2. The molecule has 0 heterocycles. The van der Waals surface area contributed by atoms with Gasteiger partial charge in [-0.3, -0.25) is 4.79 Å². The Morgan fingerprint density at radius 3 is 2.56 bits per heavy atom. The molecule has 0 aliphatic carbocycles. The third kappa shape index (κ3) is 2.81. The van der Waals surface area contributed by atoms with Gasteiger partial charge in [0.25, 0.3) is 5.91 Å². The van der Waals surface area contributed by atoms with Crippen LogP contribution in [0.3, 0.4) is 0 Å². The molecule has 1 aromatic rings. The van der Waals surface area contributed by atoms with E-state index in [0.717, 1.165) is 13.0 Å². The minimum atomic E-state index is -0.268. The van der Waals surface area contributed by atoms with Gasteiger partial charge < -0.3 is 4.90 Å². The number of benzene rings is 1. The highest BCUT2D eigenvalue weighted by Crippen LogP contribution is 2.11. The van der Waals surface area contributed by atoms with Gasteiger partial charge >= 0.3 is 0 Å². The Balaban J connectivity index is 2.90. The summed E-state index contributed by atoms with van der Waals surface area (Å²) in [6.45, 7) is 7.08. The molecule has 1 amide bonds. The van der Waals surface area contributed by atoms with E-state index in [4.69, 9.17) is 0 Å². The average Bonchev–Trinajstić information content (AvgIpc) is 2.28. The first-order chi connectivity index (χ1) is 7.60. The average molecular weight is 223 g/mol. The molecule has 0 aromatic heterocycles. The molecule has 0 fully saturated rings. The van der Waals surface area contributed by atoms with Crippen molar-refractivity contribution in [3.05, 3.63) is 35.1 Å². The third-order valence-corrected chi connectivity index (χ3v) is 2.57. The van der Waals surface area contributed by atoms with Crippen LogP contribution in [0.1, 0.15) is 36.2 Å². The van der Waals surface area contributed by atoms with Crippen LogP contribution in [0, 0.1) is 12.7 Å². The SMILES string of the molecule is CCCN(CC)C(=O)c1ccc(F)c(C)c1. The van der Waals surface area contributed by atoms with Crippen LogP contribution in [0.25, 0.3) is 0 Å². The summed E-state index contributed by atoms with van der Waals surface area (Å²) in [4.78, 5) is 13.8.